The van der Waals surface area contributed by atoms with Crippen molar-refractivity contribution in [2.24, 2.45) is 0 Å². The zero-order valence-corrected chi connectivity index (χ0v) is 15.6. The highest BCUT2D eigenvalue weighted by molar-refractivity contribution is 5.78. The summed E-state index contributed by atoms with van der Waals surface area (Å²) in [5.41, 5.74) is 2.06. The van der Waals surface area contributed by atoms with Crippen LogP contribution in [0.1, 0.15) is 31.2 Å². The Hall–Kier alpha value is -2.83. The average molecular weight is 369 g/mol. The van der Waals surface area contributed by atoms with Crippen molar-refractivity contribution in [3.63, 3.8) is 0 Å². The minimum absolute atomic E-state index is 0.128. The van der Waals surface area contributed by atoms with Crippen molar-refractivity contribution in [1.29, 1.82) is 0 Å². The molecule has 7 heteroatoms. The lowest BCUT2D eigenvalue weighted by Gasteiger charge is -2.26. The molecule has 1 aliphatic rings. The van der Waals surface area contributed by atoms with Crippen LogP contribution in [0.3, 0.4) is 0 Å². The summed E-state index contributed by atoms with van der Waals surface area (Å²) in [5.74, 6) is 0.128. The highest BCUT2D eigenvalue weighted by atomic mass is 16.2. The van der Waals surface area contributed by atoms with Gasteiger partial charge in [0.05, 0.1) is 11.9 Å². The predicted octanol–water partition coefficient (Wildman–Crippen LogP) is 2.12. The predicted molar refractivity (Wildman–Crippen MR) is 104 cm³/mol. The molecule has 1 aromatic carbocycles. The molecule has 7 nitrogen and oxygen atoms in total. The van der Waals surface area contributed by atoms with Crippen LogP contribution in [0.5, 0.6) is 0 Å². The van der Waals surface area contributed by atoms with E-state index in [4.69, 9.17) is 0 Å². The van der Waals surface area contributed by atoms with Crippen molar-refractivity contribution in [1.82, 2.24) is 25.3 Å². The molecule has 3 amide bonds. The van der Waals surface area contributed by atoms with Crippen LogP contribution in [0.2, 0.25) is 0 Å². The summed E-state index contributed by atoms with van der Waals surface area (Å²) in [6.45, 7) is 2.59. The number of amides is 3. The summed E-state index contributed by atoms with van der Waals surface area (Å²) >= 11 is 0. The number of nitrogens with one attached hydrogen (secondary N) is 2. The second kappa shape index (κ2) is 9.75. The number of aromatic nitrogens is 2. The number of nitrogens with zero attached hydrogens (tertiary/aromatic N) is 3. The molecule has 1 aromatic heterocycles. The third-order valence-electron chi connectivity index (χ3n) is 4.69. The zero-order valence-electron chi connectivity index (χ0n) is 15.6. The van der Waals surface area contributed by atoms with Crippen molar-refractivity contribution in [3.05, 3.63) is 48.3 Å². The molecule has 0 unspecified atom stereocenters. The molecule has 0 atom stereocenters. The van der Waals surface area contributed by atoms with Gasteiger partial charge in [-0.1, -0.05) is 18.2 Å². The smallest absolute Gasteiger partial charge is 0.314 e. The summed E-state index contributed by atoms with van der Waals surface area (Å²) < 4.78 is 1.82. The molecule has 0 aliphatic carbocycles. The maximum atomic E-state index is 12.0. The average Bonchev–Trinajstić information content (AvgIpc) is 3.18. The van der Waals surface area contributed by atoms with Gasteiger partial charge in [-0.2, -0.15) is 5.10 Å². The summed E-state index contributed by atoms with van der Waals surface area (Å²) in [7, 11) is 0. The molecule has 144 valence electrons. The van der Waals surface area contributed by atoms with Crippen LogP contribution >= 0.6 is 0 Å². The van der Waals surface area contributed by atoms with Gasteiger partial charge in [-0.15, -0.1) is 0 Å². The van der Waals surface area contributed by atoms with Crippen LogP contribution in [0.25, 0.3) is 5.69 Å². The van der Waals surface area contributed by atoms with Crippen LogP contribution in [0.4, 0.5) is 4.79 Å². The molecule has 1 fully saturated rings. The molecular weight excluding hydrogens is 342 g/mol. The first-order valence-corrected chi connectivity index (χ1v) is 9.61. The molecular formula is C20H27N5O2. The SMILES string of the molecule is O=C(NCCC(=O)N1CCCCC1)NCCc1cnn(-c2ccccc2)c1. The summed E-state index contributed by atoms with van der Waals surface area (Å²) in [6, 6.07) is 9.66. The van der Waals surface area contributed by atoms with E-state index in [0.29, 0.717) is 25.9 Å². The number of urea groups is 1. The number of para-hydroxylation sites is 1. The first-order chi connectivity index (χ1) is 13.2. The minimum Gasteiger partial charge on any atom is -0.343 e. The van der Waals surface area contributed by atoms with Gasteiger partial charge >= 0.3 is 6.03 Å². The largest absolute Gasteiger partial charge is 0.343 e. The van der Waals surface area contributed by atoms with Crippen molar-refractivity contribution >= 4 is 11.9 Å². The Morgan fingerprint density at radius 2 is 1.74 bits per heavy atom. The van der Waals surface area contributed by atoms with Crippen molar-refractivity contribution in [3.8, 4) is 5.69 Å². The van der Waals surface area contributed by atoms with Gasteiger partial charge in [-0.25, -0.2) is 9.48 Å². The fourth-order valence-electron chi connectivity index (χ4n) is 3.18. The Morgan fingerprint density at radius 3 is 2.52 bits per heavy atom. The number of carbonyl (C=O) groups excluding carboxylic acids is 2. The topological polar surface area (TPSA) is 79.3 Å². The lowest BCUT2D eigenvalue weighted by atomic mass is 10.1. The van der Waals surface area contributed by atoms with Gasteiger partial charge in [-0.05, 0) is 43.4 Å². The summed E-state index contributed by atoms with van der Waals surface area (Å²) in [4.78, 5) is 25.8. The molecule has 0 radical (unpaired) electrons. The summed E-state index contributed by atoms with van der Waals surface area (Å²) in [6.07, 6.45) is 8.20. The van der Waals surface area contributed by atoms with Crippen molar-refractivity contribution in [2.45, 2.75) is 32.1 Å². The molecule has 27 heavy (non-hydrogen) atoms. The normalized spacial score (nSPS) is 14.0. The van der Waals surface area contributed by atoms with E-state index in [1.165, 1.54) is 6.42 Å². The van der Waals surface area contributed by atoms with Crippen molar-refractivity contribution in [2.75, 3.05) is 26.2 Å². The molecule has 1 aliphatic heterocycles. The lowest BCUT2D eigenvalue weighted by molar-refractivity contribution is -0.131. The quantitative estimate of drug-likeness (QED) is 0.785. The van der Waals surface area contributed by atoms with E-state index in [0.717, 1.165) is 37.2 Å². The number of carbonyl (C=O) groups is 2. The molecule has 0 saturated carbocycles. The molecule has 3 rings (SSSR count). The van der Waals surface area contributed by atoms with Crippen LogP contribution in [0.15, 0.2) is 42.7 Å². The highest BCUT2D eigenvalue weighted by Crippen LogP contribution is 2.09. The van der Waals surface area contributed by atoms with Gasteiger partial charge < -0.3 is 15.5 Å². The molecule has 0 bridgehead atoms. The van der Waals surface area contributed by atoms with Crippen LogP contribution in [-0.4, -0.2) is 52.8 Å². The second-order valence-electron chi connectivity index (χ2n) is 6.75. The number of likely N-dealkylation sites (tertiary alicyclic amines) is 1. The number of hydrogen-bond donors (Lipinski definition) is 2. The van der Waals surface area contributed by atoms with Gasteiger partial charge in [0, 0.05) is 38.8 Å². The van der Waals surface area contributed by atoms with Crippen LogP contribution in [0, 0.1) is 0 Å². The van der Waals surface area contributed by atoms with Gasteiger partial charge in [0.1, 0.15) is 0 Å². The van der Waals surface area contributed by atoms with Crippen LogP contribution in [-0.2, 0) is 11.2 Å². The molecule has 2 heterocycles. The third-order valence-corrected chi connectivity index (χ3v) is 4.69. The maximum absolute atomic E-state index is 12.0. The van der Waals surface area contributed by atoms with E-state index in [1.54, 1.807) is 0 Å². The Balaban J connectivity index is 1.31. The van der Waals surface area contributed by atoms with Crippen molar-refractivity contribution < 1.29 is 9.59 Å². The van der Waals surface area contributed by atoms with Gasteiger partial charge in [-0.3, -0.25) is 4.79 Å². The highest BCUT2D eigenvalue weighted by Gasteiger charge is 2.16. The van der Waals surface area contributed by atoms with E-state index in [9.17, 15) is 9.59 Å². The van der Waals surface area contributed by atoms with E-state index in [1.807, 2.05) is 52.3 Å². The molecule has 1 saturated heterocycles. The lowest BCUT2D eigenvalue weighted by Crippen LogP contribution is -2.40. The van der Waals surface area contributed by atoms with E-state index in [2.05, 4.69) is 15.7 Å². The maximum Gasteiger partial charge on any atom is 0.314 e. The monoisotopic (exact) mass is 369 g/mol. The van der Waals surface area contributed by atoms with E-state index < -0.39 is 0 Å². The van der Waals surface area contributed by atoms with Gasteiger partial charge in [0.25, 0.3) is 0 Å². The Kier molecular flexibility index (Phi) is 6.84. The Morgan fingerprint density at radius 1 is 1.00 bits per heavy atom. The molecule has 2 aromatic rings. The first-order valence-electron chi connectivity index (χ1n) is 9.61. The second-order valence-corrected chi connectivity index (χ2v) is 6.75. The molecule has 2 N–H and O–H groups in total. The fourth-order valence-corrected chi connectivity index (χ4v) is 3.18. The van der Waals surface area contributed by atoms with E-state index in [-0.39, 0.29) is 11.9 Å². The number of piperidine rings is 1. The zero-order chi connectivity index (χ0) is 18.9. The van der Waals surface area contributed by atoms with Gasteiger partial charge in [0.15, 0.2) is 0 Å². The molecule has 0 spiro atoms. The number of benzene rings is 1. The minimum atomic E-state index is -0.239. The summed E-state index contributed by atoms with van der Waals surface area (Å²) in [5, 5.41) is 9.92. The Bertz CT molecular complexity index is 738. The van der Waals surface area contributed by atoms with Gasteiger partial charge in [0.2, 0.25) is 5.91 Å². The third kappa shape index (κ3) is 5.84. The Labute approximate surface area is 159 Å². The number of rotatable bonds is 7. The number of hydrogen-bond acceptors (Lipinski definition) is 3. The fraction of sp³-hybridized carbons (Fsp3) is 0.450. The standard InChI is InChI=1S/C20H27N5O2/c26-19(24-13-5-2-6-14-24)10-12-22-20(27)21-11-9-17-15-23-25(16-17)18-7-3-1-4-8-18/h1,3-4,7-8,15-16H,2,5-6,9-14H2,(H2,21,22,27). The van der Waals surface area contributed by atoms with E-state index >= 15 is 0 Å². The first kappa shape index (κ1) is 18.9. The van der Waals surface area contributed by atoms with Crippen LogP contribution < -0.4 is 10.6 Å².